The molecule has 0 saturated heterocycles. The molecule has 0 aromatic rings. The number of amides is 1. The predicted molar refractivity (Wildman–Crippen MR) is 52.2 cm³/mol. The Labute approximate surface area is 83.7 Å². The van der Waals surface area contributed by atoms with E-state index in [1.165, 1.54) is 0 Å². The lowest BCUT2D eigenvalue weighted by Gasteiger charge is -2.41. The summed E-state index contributed by atoms with van der Waals surface area (Å²) in [4.78, 5) is 21.9. The van der Waals surface area contributed by atoms with Gasteiger partial charge in [-0.15, -0.1) is 0 Å². The minimum Gasteiger partial charge on any atom is -0.465 e. The summed E-state index contributed by atoms with van der Waals surface area (Å²) in [5.74, 6) is 0.147. The van der Waals surface area contributed by atoms with Gasteiger partial charge in [0.25, 0.3) is 0 Å². The van der Waals surface area contributed by atoms with E-state index < -0.39 is 11.6 Å². The fourth-order valence-corrected chi connectivity index (χ4v) is 2.01. The van der Waals surface area contributed by atoms with Crippen LogP contribution in [0.2, 0.25) is 0 Å². The van der Waals surface area contributed by atoms with Gasteiger partial charge in [-0.1, -0.05) is 20.8 Å². The number of hydrogen-bond donors (Lipinski definition) is 2. The van der Waals surface area contributed by atoms with Crippen molar-refractivity contribution in [1.82, 2.24) is 5.32 Å². The highest BCUT2D eigenvalue weighted by Crippen LogP contribution is 2.41. The Bertz CT molecular complexity index is 267. The highest BCUT2D eigenvalue weighted by Gasteiger charge is 2.48. The molecule has 0 aliphatic heterocycles. The molecule has 1 atom stereocenters. The van der Waals surface area contributed by atoms with E-state index >= 15 is 0 Å². The van der Waals surface area contributed by atoms with E-state index in [4.69, 9.17) is 5.11 Å². The first-order chi connectivity index (χ1) is 6.27. The molecule has 1 amide bonds. The van der Waals surface area contributed by atoms with Gasteiger partial charge in [0.2, 0.25) is 0 Å². The molecule has 1 aliphatic carbocycles. The number of Topliss-reactive ketones (excluding diaryl/α,β-unsaturated/α-hetero) is 1. The van der Waals surface area contributed by atoms with Gasteiger partial charge in [-0.05, 0) is 11.8 Å². The molecule has 0 radical (unpaired) electrons. The van der Waals surface area contributed by atoms with Gasteiger partial charge in [-0.2, -0.15) is 0 Å². The van der Waals surface area contributed by atoms with Crippen molar-refractivity contribution in [2.75, 3.05) is 0 Å². The summed E-state index contributed by atoms with van der Waals surface area (Å²) < 4.78 is 0. The molecule has 0 spiro atoms. The zero-order chi connectivity index (χ0) is 11.0. The molecule has 4 nitrogen and oxygen atoms in total. The van der Waals surface area contributed by atoms with Crippen LogP contribution in [0.3, 0.4) is 0 Å². The second kappa shape index (κ2) is 3.26. The van der Waals surface area contributed by atoms with Crippen LogP contribution >= 0.6 is 0 Å². The number of ketones is 1. The van der Waals surface area contributed by atoms with Gasteiger partial charge in [-0.25, -0.2) is 4.79 Å². The molecule has 1 unspecified atom stereocenters. The highest BCUT2D eigenvalue weighted by molar-refractivity contribution is 5.83. The fourth-order valence-electron chi connectivity index (χ4n) is 2.01. The Morgan fingerprint density at radius 3 is 2.36 bits per heavy atom. The minimum absolute atomic E-state index is 0.147. The molecule has 0 aromatic carbocycles. The molecule has 1 aliphatic rings. The zero-order valence-electron chi connectivity index (χ0n) is 8.89. The van der Waals surface area contributed by atoms with Crippen LogP contribution in [0, 0.1) is 5.41 Å². The van der Waals surface area contributed by atoms with Gasteiger partial charge in [0.1, 0.15) is 5.78 Å². The molecule has 0 bridgehead atoms. The van der Waals surface area contributed by atoms with Crippen LogP contribution in [-0.2, 0) is 4.79 Å². The topological polar surface area (TPSA) is 66.4 Å². The van der Waals surface area contributed by atoms with E-state index in [2.05, 4.69) is 5.32 Å². The third kappa shape index (κ3) is 1.89. The molecular formula is C10H17NO3. The maximum atomic E-state index is 11.3. The van der Waals surface area contributed by atoms with Crippen LogP contribution in [0.25, 0.3) is 0 Å². The van der Waals surface area contributed by atoms with Gasteiger partial charge in [0, 0.05) is 12.8 Å². The summed E-state index contributed by atoms with van der Waals surface area (Å²) in [6.45, 7) is 5.88. The Kier molecular flexibility index (Phi) is 2.56. The first kappa shape index (κ1) is 11.0. The molecule has 14 heavy (non-hydrogen) atoms. The Balaban J connectivity index is 2.92. The van der Waals surface area contributed by atoms with Gasteiger partial charge in [0.05, 0.1) is 5.54 Å². The number of hydrogen-bond acceptors (Lipinski definition) is 2. The smallest absolute Gasteiger partial charge is 0.405 e. The predicted octanol–water partition coefficient (Wildman–Crippen LogP) is 1.79. The van der Waals surface area contributed by atoms with Crippen LogP contribution < -0.4 is 5.32 Å². The zero-order valence-corrected chi connectivity index (χ0v) is 8.89. The van der Waals surface area contributed by atoms with Crippen molar-refractivity contribution in [3.63, 3.8) is 0 Å². The summed E-state index contributed by atoms with van der Waals surface area (Å²) in [6, 6.07) is 0. The molecule has 1 rings (SSSR count). The first-order valence-corrected chi connectivity index (χ1v) is 4.80. The average molecular weight is 199 g/mol. The number of carboxylic acid groups (broad SMARTS) is 1. The maximum absolute atomic E-state index is 11.3. The third-order valence-electron chi connectivity index (χ3n) is 3.11. The summed E-state index contributed by atoms with van der Waals surface area (Å²) in [5.41, 5.74) is -0.798. The van der Waals surface area contributed by atoms with Crippen molar-refractivity contribution in [3.05, 3.63) is 0 Å². The first-order valence-electron chi connectivity index (χ1n) is 4.80. The molecule has 0 aromatic heterocycles. The highest BCUT2D eigenvalue weighted by atomic mass is 16.4. The summed E-state index contributed by atoms with van der Waals surface area (Å²) in [5, 5.41) is 11.3. The summed E-state index contributed by atoms with van der Waals surface area (Å²) in [7, 11) is 0. The number of rotatable bonds is 1. The standard InChI is InChI=1S/C10H17NO3/c1-9(2,3)10(11-8(13)14)5-4-7(12)6-10/h11H,4-6H2,1-3H3,(H,13,14). The molecule has 0 heterocycles. The molecule has 1 saturated carbocycles. The van der Waals surface area contributed by atoms with Crippen LogP contribution in [0.1, 0.15) is 40.0 Å². The SMILES string of the molecule is CC(C)(C)C1(NC(=O)O)CCC(=O)C1. The van der Waals surface area contributed by atoms with Crippen molar-refractivity contribution in [1.29, 1.82) is 0 Å². The molecule has 80 valence electrons. The van der Waals surface area contributed by atoms with E-state index in [1.807, 2.05) is 20.8 Å². The van der Waals surface area contributed by atoms with Crippen LogP contribution in [0.4, 0.5) is 4.79 Å². The molecule has 1 fully saturated rings. The lowest BCUT2D eigenvalue weighted by atomic mass is 9.72. The van der Waals surface area contributed by atoms with Crippen molar-refractivity contribution in [3.8, 4) is 0 Å². The lowest BCUT2D eigenvalue weighted by Crippen LogP contribution is -2.55. The largest absolute Gasteiger partial charge is 0.465 e. The van der Waals surface area contributed by atoms with E-state index in [1.54, 1.807) is 0 Å². The fraction of sp³-hybridized carbons (Fsp3) is 0.800. The second-order valence-corrected chi connectivity index (χ2v) is 4.98. The van der Waals surface area contributed by atoms with Gasteiger partial charge < -0.3 is 10.4 Å². The molecule has 2 N–H and O–H groups in total. The Morgan fingerprint density at radius 2 is 2.07 bits per heavy atom. The van der Waals surface area contributed by atoms with E-state index in [0.717, 1.165) is 0 Å². The minimum atomic E-state index is -1.05. The van der Waals surface area contributed by atoms with Gasteiger partial charge in [-0.3, -0.25) is 4.79 Å². The Morgan fingerprint density at radius 1 is 1.50 bits per heavy atom. The van der Waals surface area contributed by atoms with E-state index in [0.29, 0.717) is 19.3 Å². The van der Waals surface area contributed by atoms with Crippen molar-refractivity contribution < 1.29 is 14.7 Å². The summed E-state index contributed by atoms with van der Waals surface area (Å²) >= 11 is 0. The monoisotopic (exact) mass is 199 g/mol. The number of carbonyl (C=O) groups excluding carboxylic acids is 1. The molecular weight excluding hydrogens is 182 g/mol. The van der Waals surface area contributed by atoms with Crippen LogP contribution in [-0.4, -0.2) is 22.5 Å². The van der Waals surface area contributed by atoms with Crippen LogP contribution in [0.15, 0.2) is 0 Å². The molecule has 4 heteroatoms. The maximum Gasteiger partial charge on any atom is 0.405 e. The second-order valence-electron chi connectivity index (χ2n) is 4.98. The van der Waals surface area contributed by atoms with Gasteiger partial charge in [0.15, 0.2) is 0 Å². The van der Waals surface area contributed by atoms with Crippen molar-refractivity contribution in [2.45, 2.75) is 45.6 Å². The summed E-state index contributed by atoms with van der Waals surface area (Å²) in [6.07, 6.45) is 0.372. The number of nitrogens with one attached hydrogen (secondary N) is 1. The normalized spacial score (nSPS) is 27.8. The van der Waals surface area contributed by atoms with Crippen molar-refractivity contribution in [2.24, 2.45) is 5.41 Å². The average Bonchev–Trinajstić information content (AvgIpc) is 2.29. The van der Waals surface area contributed by atoms with E-state index in [-0.39, 0.29) is 11.2 Å². The van der Waals surface area contributed by atoms with Crippen molar-refractivity contribution >= 4 is 11.9 Å². The quantitative estimate of drug-likeness (QED) is 0.676. The lowest BCUT2D eigenvalue weighted by molar-refractivity contribution is -0.118. The number of carbonyl (C=O) groups is 2. The Hall–Kier alpha value is -1.06. The van der Waals surface area contributed by atoms with Gasteiger partial charge >= 0.3 is 6.09 Å². The van der Waals surface area contributed by atoms with Crippen LogP contribution in [0.5, 0.6) is 0 Å². The van der Waals surface area contributed by atoms with E-state index in [9.17, 15) is 9.59 Å². The third-order valence-corrected chi connectivity index (χ3v) is 3.11.